The molecule has 0 unspecified atom stereocenters. The quantitative estimate of drug-likeness (QED) is 0.494. The number of amides is 1. The summed E-state index contributed by atoms with van der Waals surface area (Å²) in [4.78, 5) is 13.1. The average Bonchev–Trinajstić information content (AvgIpc) is 3.12. The van der Waals surface area contributed by atoms with Gasteiger partial charge in [0.25, 0.3) is 5.91 Å². The van der Waals surface area contributed by atoms with Crippen LogP contribution in [0.2, 0.25) is 20.1 Å². The maximum absolute atomic E-state index is 13.1. The van der Waals surface area contributed by atoms with Gasteiger partial charge in [-0.2, -0.15) is 0 Å². The minimum atomic E-state index is -0.240. The largest absolute Gasteiger partial charge is 0.484 e. The molecule has 0 radical (unpaired) electrons. The molecule has 1 amide bonds. The van der Waals surface area contributed by atoms with Gasteiger partial charge in [-0.3, -0.25) is 4.79 Å². The highest BCUT2D eigenvalue weighted by molar-refractivity contribution is 7.99. The second kappa shape index (κ2) is 8.62. The Morgan fingerprint density at radius 1 is 1.03 bits per heavy atom. The van der Waals surface area contributed by atoms with E-state index in [1.165, 1.54) is 11.8 Å². The molecule has 0 atom stereocenters. The van der Waals surface area contributed by atoms with Crippen LogP contribution in [0.5, 0.6) is 5.75 Å². The molecule has 0 aliphatic carbocycles. The SMILES string of the molecule is O=C(c1ccc(Cl)c(Cl)c1)N1CCSc2nnc(COc3ccc(Cl)cc3Cl)n21. The molecule has 0 spiro atoms. The number of nitrogens with zero attached hydrogens (tertiary/aromatic N) is 4. The summed E-state index contributed by atoms with van der Waals surface area (Å²) in [5, 5.41) is 12.1. The molecule has 1 aromatic heterocycles. The molecular weight excluding hydrogens is 478 g/mol. The fraction of sp³-hybridized carbons (Fsp3) is 0.167. The number of benzene rings is 2. The second-order valence-electron chi connectivity index (χ2n) is 5.98. The van der Waals surface area contributed by atoms with Gasteiger partial charge in [0.15, 0.2) is 5.82 Å². The van der Waals surface area contributed by atoms with Gasteiger partial charge in [-0.15, -0.1) is 10.2 Å². The van der Waals surface area contributed by atoms with Crippen LogP contribution in [0.1, 0.15) is 16.2 Å². The van der Waals surface area contributed by atoms with E-state index < -0.39 is 0 Å². The Morgan fingerprint density at radius 3 is 2.62 bits per heavy atom. The number of ether oxygens (including phenoxy) is 1. The van der Waals surface area contributed by atoms with Crippen LogP contribution in [0.4, 0.5) is 0 Å². The van der Waals surface area contributed by atoms with E-state index in [9.17, 15) is 4.79 Å². The topological polar surface area (TPSA) is 60.3 Å². The maximum atomic E-state index is 13.1. The number of hydrogen-bond donors (Lipinski definition) is 0. The van der Waals surface area contributed by atoms with Crippen molar-refractivity contribution in [2.75, 3.05) is 17.3 Å². The van der Waals surface area contributed by atoms with Crippen molar-refractivity contribution < 1.29 is 9.53 Å². The lowest BCUT2D eigenvalue weighted by atomic mass is 10.2. The van der Waals surface area contributed by atoms with Crippen molar-refractivity contribution in [2.24, 2.45) is 0 Å². The summed E-state index contributed by atoms with van der Waals surface area (Å²) in [6.45, 7) is 0.545. The van der Waals surface area contributed by atoms with E-state index in [0.29, 0.717) is 54.7 Å². The summed E-state index contributed by atoms with van der Waals surface area (Å²) in [6.07, 6.45) is 0. The summed E-state index contributed by atoms with van der Waals surface area (Å²) in [5.74, 6) is 1.37. The summed E-state index contributed by atoms with van der Waals surface area (Å²) in [6, 6.07) is 9.71. The van der Waals surface area contributed by atoms with Crippen molar-refractivity contribution in [1.82, 2.24) is 14.9 Å². The first-order chi connectivity index (χ1) is 13.9. The van der Waals surface area contributed by atoms with Gasteiger partial charge in [0.2, 0.25) is 5.16 Å². The molecule has 2 heterocycles. The fourth-order valence-corrected chi connectivity index (χ4v) is 4.38. The third kappa shape index (κ3) is 4.29. The number of carbonyl (C=O) groups excluding carboxylic acids is 1. The Kier molecular flexibility index (Phi) is 6.13. The van der Waals surface area contributed by atoms with Crippen LogP contribution >= 0.6 is 58.2 Å². The van der Waals surface area contributed by atoms with Gasteiger partial charge in [0.1, 0.15) is 12.4 Å². The molecule has 0 saturated carbocycles. The highest BCUT2D eigenvalue weighted by Gasteiger charge is 2.28. The van der Waals surface area contributed by atoms with Gasteiger partial charge in [-0.1, -0.05) is 58.2 Å². The van der Waals surface area contributed by atoms with Crippen LogP contribution in [-0.2, 0) is 6.61 Å². The van der Waals surface area contributed by atoms with E-state index >= 15 is 0 Å². The van der Waals surface area contributed by atoms with E-state index in [1.54, 1.807) is 46.1 Å². The standard InChI is InChI=1S/C18H12Cl4N4O2S/c19-11-2-4-15(14(22)8-11)28-9-16-23-24-18-26(16)25(5-6-29-18)17(27)10-1-3-12(20)13(21)7-10/h1-4,7-8H,5-6,9H2. The molecule has 1 aliphatic heterocycles. The van der Waals surface area contributed by atoms with Crippen molar-refractivity contribution in [3.05, 3.63) is 67.9 Å². The van der Waals surface area contributed by atoms with E-state index in [4.69, 9.17) is 51.1 Å². The molecule has 0 fully saturated rings. The van der Waals surface area contributed by atoms with Gasteiger partial charge in [-0.25, -0.2) is 9.69 Å². The van der Waals surface area contributed by atoms with Crippen molar-refractivity contribution in [2.45, 2.75) is 11.8 Å². The van der Waals surface area contributed by atoms with E-state index in [1.807, 2.05) is 0 Å². The maximum Gasteiger partial charge on any atom is 0.272 e. The number of carbonyl (C=O) groups is 1. The minimum absolute atomic E-state index is 0.0695. The molecule has 2 aromatic carbocycles. The van der Waals surface area contributed by atoms with Gasteiger partial charge in [-0.05, 0) is 36.4 Å². The summed E-state index contributed by atoms with van der Waals surface area (Å²) in [7, 11) is 0. The number of hydrogen-bond acceptors (Lipinski definition) is 5. The first-order valence-corrected chi connectivity index (χ1v) is 10.9. The highest BCUT2D eigenvalue weighted by atomic mass is 35.5. The van der Waals surface area contributed by atoms with Crippen LogP contribution in [-0.4, -0.2) is 33.1 Å². The number of aromatic nitrogens is 3. The second-order valence-corrected chi connectivity index (χ2v) is 8.70. The number of fused-ring (bicyclic) bond motifs is 1. The summed E-state index contributed by atoms with van der Waals surface area (Å²) >= 11 is 25.6. The molecule has 0 saturated heterocycles. The molecule has 0 bridgehead atoms. The van der Waals surface area contributed by atoms with Crippen molar-refractivity contribution >= 4 is 64.1 Å². The normalized spacial score (nSPS) is 13.3. The van der Waals surface area contributed by atoms with Gasteiger partial charge < -0.3 is 4.74 Å². The molecule has 11 heteroatoms. The lowest BCUT2D eigenvalue weighted by Gasteiger charge is -2.29. The number of halogens is 4. The molecular formula is C18H12Cl4N4O2S. The molecule has 150 valence electrons. The smallest absolute Gasteiger partial charge is 0.272 e. The monoisotopic (exact) mass is 488 g/mol. The molecule has 1 aliphatic rings. The average molecular weight is 490 g/mol. The molecule has 4 rings (SSSR count). The zero-order valence-corrected chi connectivity index (χ0v) is 18.5. The van der Waals surface area contributed by atoms with E-state index in [2.05, 4.69) is 10.2 Å². The van der Waals surface area contributed by atoms with Crippen LogP contribution in [0.25, 0.3) is 0 Å². The van der Waals surface area contributed by atoms with Crippen LogP contribution in [0.3, 0.4) is 0 Å². The first-order valence-electron chi connectivity index (χ1n) is 8.36. The van der Waals surface area contributed by atoms with Crippen LogP contribution in [0.15, 0.2) is 41.6 Å². The lowest BCUT2D eigenvalue weighted by molar-refractivity contribution is 0.0953. The Labute approximate surface area is 190 Å². The molecule has 0 N–H and O–H groups in total. The summed E-state index contributed by atoms with van der Waals surface area (Å²) in [5.41, 5.74) is 0.415. The van der Waals surface area contributed by atoms with Crippen LogP contribution < -0.4 is 9.75 Å². The minimum Gasteiger partial charge on any atom is -0.484 e. The Bertz CT molecular complexity index is 1090. The number of rotatable bonds is 4. The first kappa shape index (κ1) is 20.6. The molecule has 3 aromatic rings. The highest BCUT2D eigenvalue weighted by Crippen LogP contribution is 2.30. The Hall–Kier alpha value is -1.64. The van der Waals surface area contributed by atoms with Gasteiger partial charge in [0.05, 0.1) is 21.6 Å². The third-order valence-electron chi connectivity index (χ3n) is 4.10. The van der Waals surface area contributed by atoms with Crippen molar-refractivity contribution in [3.63, 3.8) is 0 Å². The fourth-order valence-electron chi connectivity index (χ4n) is 2.75. The Balaban J connectivity index is 1.60. The third-order valence-corrected chi connectivity index (χ3v) is 6.27. The van der Waals surface area contributed by atoms with Gasteiger partial charge in [0, 0.05) is 16.3 Å². The number of thioether (sulfide) groups is 1. The molecule has 6 nitrogen and oxygen atoms in total. The van der Waals surface area contributed by atoms with E-state index in [0.717, 1.165) is 0 Å². The predicted molar refractivity (Wildman–Crippen MR) is 115 cm³/mol. The molecule has 29 heavy (non-hydrogen) atoms. The Morgan fingerprint density at radius 2 is 1.86 bits per heavy atom. The lowest BCUT2D eigenvalue weighted by Crippen LogP contribution is -2.45. The summed E-state index contributed by atoms with van der Waals surface area (Å²) < 4.78 is 7.43. The van der Waals surface area contributed by atoms with Crippen molar-refractivity contribution in [1.29, 1.82) is 0 Å². The van der Waals surface area contributed by atoms with E-state index in [-0.39, 0.29) is 12.5 Å². The predicted octanol–water partition coefficient (Wildman–Crippen LogP) is 5.35. The zero-order chi connectivity index (χ0) is 20.5. The van der Waals surface area contributed by atoms with Crippen molar-refractivity contribution in [3.8, 4) is 5.75 Å². The zero-order valence-electron chi connectivity index (χ0n) is 14.6. The van der Waals surface area contributed by atoms with Gasteiger partial charge >= 0.3 is 0 Å². The van der Waals surface area contributed by atoms with Crippen LogP contribution in [0, 0.1) is 0 Å².